The molecule has 0 aliphatic heterocycles. The molecule has 0 aromatic heterocycles. The minimum Gasteiger partial charge on any atom is -0.460 e. The highest BCUT2D eigenvalue weighted by atomic mass is 35.5. The second kappa shape index (κ2) is 3.92. The summed E-state index contributed by atoms with van der Waals surface area (Å²) in [6.45, 7) is -1.10. The second-order valence-electron chi connectivity index (χ2n) is 1.95. The molecule has 12 heavy (non-hydrogen) atoms. The number of ether oxygens (including phenoxy) is 1. The lowest BCUT2D eigenvalue weighted by Gasteiger charge is -2.03. The molecule has 0 bridgehead atoms. The Balaban J connectivity index is 3.05. The van der Waals surface area contributed by atoms with Crippen molar-refractivity contribution in [2.45, 2.75) is 0 Å². The number of benzene rings is 1. The highest BCUT2D eigenvalue weighted by Crippen LogP contribution is 2.29. The van der Waals surface area contributed by atoms with Gasteiger partial charge in [-0.3, -0.25) is 0 Å². The molecule has 5 heteroatoms. The first kappa shape index (κ1) is 9.55. The summed E-state index contributed by atoms with van der Waals surface area (Å²) in [5, 5.41) is 0.196. The summed E-state index contributed by atoms with van der Waals surface area (Å²) < 4.78 is 28.7. The van der Waals surface area contributed by atoms with Gasteiger partial charge < -0.3 is 4.74 Å². The standard InChI is InChI=1S/C7H4Cl2F2O/c8-4-1-6(11)7(12-3-10)2-5(4)9/h1-2H,3H2. The first-order valence-electron chi connectivity index (χ1n) is 2.98. The molecule has 1 rings (SSSR count). The van der Waals surface area contributed by atoms with Gasteiger partial charge in [0.15, 0.2) is 11.6 Å². The maximum atomic E-state index is 12.8. The van der Waals surface area contributed by atoms with Gasteiger partial charge in [-0.15, -0.1) is 0 Å². The number of rotatable bonds is 2. The van der Waals surface area contributed by atoms with Crippen molar-refractivity contribution in [3.05, 3.63) is 28.0 Å². The number of alkyl halides is 1. The SMILES string of the molecule is FCOc1cc(Cl)c(Cl)cc1F. The van der Waals surface area contributed by atoms with Gasteiger partial charge in [-0.2, -0.15) is 0 Å². The van der Waals surface area contributed by atoms with Crippen LogP contribution in [0.3, 0.4) is 0 Å². The molecule has 1 aromatic rings. The normalized spacial score (nSPS) is 10.0. The molecule has 0 saturated heterocycles. The minimum absolute atomic E-state index is 0.0698. The van der Waals surface area contributed by atoms with E-state index in [4.69, 9.17) is 23.2 Å². The van der Waals surface area contributed by atoms with Crippen LogP contribution >= 0.6 is 23.2 Å². The molecule has 0 saturated carbocycles. The van der Waals surface area contributed by atoms with Gasteiger partial charge in [-0.05, 0) is 6.07 Å². The summed E-state index contributed by atoms with van der Waals surface area (Å²) in [6.07, 6.45) is 0. The fraction of sp³-hybridized carbons (Fsp3) is 0.143. The van der Waals surface area contributed by atoms with Gasteiger partial charge in [-0.25, -0.2) is 8.78 Å². The van der Waals surface area contributed by atoms with Crippen molar-refractivity contribution in [1.29, 1.82) is 0 Å². The van der Waals surface area contributed by atoms with Gasteiger partial charge >= 0.3 is 0 Å². The fourth-order valence-electron chi connectivity index (χ4n) is 0.674. The smallest absolute Gasteiger partial charge is 0.228 e. The Morgan fingerprint density at radius 2 is 1.83 bits per heavy atom. The average Bonchev–Trinajstić information content (AvgIpc) is 2.01. The molecule has 0 aliphatic carbocycles. The third-order valence-corrected chi connectivity index (χ3v) is 1.91. The van der Waals surface area contributed by atoms with E-state index in [1.54, 1.807) is 0 Å². The molecule has 0 radical (unpaired) electrons. The molecule has 0 heterocycles. The zero-order valence-corrected chi connectivity index (χ0v) is 7.29. The highest BCUT2D eigenvalue weighted by Gasteiger charge is 2.07. The Hall–Kier alpha value is -0.540. The van der Waals surface area contributed by atoms with Crippen molar-refractivity contribution in [3.8, 4) is 5.75 Å². The molecular weight excluding hydrogens is 209 g/mol. The van der Waals surface area contributed by atoms with Crippen LogP contribution in [0.25, 0.3) is 0 Å². The molecule has 0 N–H and O–H groups in total. The molecular formula is C7H4Cl2F2O. The number of hydrogen-bond acceptors (Lipinski definition) is 1. The van der Waals surface area contributed by atoms with Crippen molar-refractivity contribution in [2.24, 2.45) is 0 Å². The molecule has 1 nitrogen and oxygen atoms in total. The molecule has 66 valence electrons. The van der Waals surface area contributed by atoms with Crippen molar-refractivity contribution in [2.75, 3.05) is 6.86 Å². The van der Waals surface area contributed by atoms with Crippen LogP contribution < -0.4 is 4.74 Å². The molecule has 0 fully saturated rings. The maximum Gasteiger partial charge on any atom is 0.228 e. The molecule has 1 aromatic carbocycles. The van der Waals surface area contributed by atoms with Crippen molar-refractivity contribution in [1.82, 2.24) is 0 Å². The number of halogens is 4. The topological polar surface area (TPSA) is 9.23 Å². The van der Waals surface area contributed by atoms with Crippen LogP contribution in [0.4, 0.5) is 8.78 Å². The fourth-order valence-corrected chi connectivity index (χ4v) is 0.978. The first-order chi connectivity index (χ1) is 5.65. The predicted molar refractivity (Wildman–Crippen MR) is 43.0 cm³/mol. The van der Waals surface area contributed by atoms with E-state index in [0.717, 1.165) is 12.1 Å². The van der Waals surface area contributed by atoms with Gasteiger partial charge in [0.25, 0.3) is 0 Å². The third kappa shape index (κ3) is 1.99. The maximum absolute atomic E-state index is 12.8. The molecule has 0 aliphatic rings. The van der Waals surface area contributed by atoms with Crippen LogP contribution in [0.1, 0.15) is 0 Å². The lowest BCUT2D eigenvalue weighted by Crippen LogP contribution is -1.93. The predicted octanol–water partition coefficient (Wildman–Crippen LogP) is 3.44. The van der Waals surface area contributed by atoms with Crippen LogP contribution in [-0.2, 0) is 0 Å². The van der Waals surface area contributed by atoms with Crippen molar-refractivity contribution >= 4 is 23.2 Å². The third-order valence-electron chi connectivity index (χ3n) is 1.18. The Morgan fingerprint density at radius 1 is 1.25 bits per heavy atom. The Labute approximate surface area is 77.8 Å². The van der Waals surface area contributed by atoms with Gasteiger partial charge in [-0.1, -0.05) is 23.2 Å². The van der Waals surface area contributed by atoms with E-state index in [0.29, 0.717) is 0 Å². The Morgan fingerprint density at radius 3 is 2.42 bits per heavy atom. The van der Waals surface area contributed by atoms with Crippen LogP contribution in [0, 0.1) is 5.82 Å². The average molecular weight is 213 g/mol. The summed E-state index contributed by atoms with van der Waals surface area (Å²) in [7, 11) is 0. The van der Waals surface area contributed by atoms with Crippen LogP contribution in [0.2, 0.25) is 10.0 Å². The van der Waals surface area contributed by atoms with E-state index < -0.39 is 12.7 Å². The van der Waals surface area contributed by atoms with Gasteiger partial charge in [0.2, 0.25) is 6.86 Å². The monoisotopic (exact) mass is 212 g/mol. The van der Waals surface area contributed by atoms with E-state index in [-0.39, 0.29) is 15.8 Å². The summed E-state index contributed by atoms with van der Waals surface area (Å²) in [4.78, 5) is 0. The number of hydrogen-bond donors (Lipinski definition) is 0. The quantitative estimate of drug-likeness (QED) is 0.683. The van der Waals surface area contributed by atoms with Crippen LogP contribution in [0.15, 0.2) is 12.1 Å². The Bertz CT molecular complexity index is 291. The molecule has 0 spiro atoms. The summed E-state index contributed by atoms with van der Waals surface area (Å²) in [5.74, 6) is -0.978. The molecule has 0 amide bonds. The van der Waals surface area contributed by atoms with E-state index >= 15 is 0 Å². The zero-order chi connectivity index (χ0) is 9.14. The summed E-state index contributed by atoms with van der Waals surface area (Å²) in [5.41, 5.74) is 0. The Kier molecular flexibility index (Phi) is 3.12. The van der Waals surface area contributed by atoms with E-state index in [2.05, 4.69) is 4.74 Å². The van der Waals surface area contributed by atoms with Crippen LogP contribution in [0.5, 0.6) is 5.75 Å². The largest absolute Gasteiger partial charge is 0.460 e. The van der Waals surface area contributed by atoms with E-state index in [1.807, 2.05) is 0 Å². The van der Waals surface area contributed by atoms with Gasteiger partial charge in [0.1, 0.15) is 0 Å². The lowest BCUT2D eigenvalue weighted by molar-refractivity contribution is 0.184. The molecule has 0 unspecified atom stereocenters. The molecule has 0 atom stereocenters. The first-order valence-corrected chi connectivity index (χ1v) is 3.74. The van der Waals surface area contributed by atoms with Gasteiger partial charge in [0, 0.05) is 6.07 Å². The summed E-state index contributed by atoms with van der Waals surface area (Å²) >= 11 is 11.0. The van der Waals surface area contributed by atoms with Crippen LogP contribution in [-0.4, -0.2) is 6.86 Å². The van der Waals surface area contributed by atoms with Crippen molar-refractivity contribution < 1.29 is 13.5 Å². The van der Waals surface area contributed by atoms with E-state index in [9.17, 15) is 8.78 Å². The second-order valence-corrected chi connectivity index (χ2v) is 2.76. The van der Waals surface area contributed by atoms with Crippen molar-refractivity contribution in [3.63, 3.8) is 0 Å². The summed E-state index contributed by atoms with van der Waals surface area (Å²) in [6, 6.07) is 2.09. The van der Waals surface area contributed by atoms with Gasteiger partial charge in [0.05, 0.1) is 10.0 Å². The zero-order valence-electron chi connectivity index (χ0n) is 5.78. The highest BCUT2D eigenvalue weighted by molar-refractivity contribution is 6.42. The van der Waals surface area contributed by atoms with E-state index in [1.165, 1.54) is 0 Å². The minimum atomic E-state index is -1.10. The lowest BCUT2D eigenvalue weighted by atomic mass is 10.3.